The number of aromatic nitrogens is 1. The van der Waals surface area contributed by atoms with E-state index >= 15 is 0 Å². The molecule has 0 bridgehead atoms. The fourth-order valence-corrected chi connectivity index (χ4v) is 5.61. The molecule has 5 aromatic rings. The molecule has 6 rings (SSSR count). The number of ether oxygens (including phenoxy) is 3. The minimum Gasteiger partial charge on any atom is -0.497 e. The van der Waals surface area contributed by atoms with E-state index in [4.69, 9.17) is 23.6 Å². The zero-order valence-electron chi connectivity index (χ0n) is 19.6. The first-order valence-electron chi connectivity index (χ1n) is 11.1. The SMILES string of the molecule is COc1ccc(OC)c(C2c3c(oc4ccccc4c3=O)C(=O)N2c2nc3ccc(OC)cc3s2)c1. The number of carbonyl (C=O) groups excluding carboxylic acids is 1. The van der Waals surface area contributed by atoms with Gasteiger partial charge in [-0.2, -0.15) is 0 Å². The van der Waals surface area contributed by atoms with Gasteiger partial charge in [0.05, 0.1) is 42.5 Å². The highest BCUT2D eigenvalue weighted by Crippen LogP contribution is 2.46. The van der Waals surface area contributed by atoms with E-state index in [9.17, 15) is 9.59 Å². The molecule has 1 aliphatic rings. The first kappa shape index (κ1) is 22.1. The lowest BCUT2D eigenvalue weighted by Crippen LogP contribution is -2.29. The van der Waals surface area contributed by atoms with Crippen LogP contribution in [0.25, 0.3) is 21.2 Å². The molecule has 9 heteroatoms. The topological polar surface area (TPSA) is 91.1 Å². The minimum absolute atomic E-state index is 0.00888. The van der Waals surface area contributed by atoms with Crippen LogP contribution in [0.15, 0.2) is 69.9 Å². The van der Waals surface area contributed by atoms with Crippen molar-refractivity contribution in [3.05, 3.63) is 87.8 Å². The Balaban J connectivity index is 1.65. The normalized spacial score (nSPS) is 14.9. The number of amides is 1. The van der Waals surface area contributed by atoms with Crippen LogP contribution in [0, 0.1) is 0 Å². The van der Waals surface area contributed by atoms with E-state index in [0.29, 0.717) is 44.4 Å². The van der Waals surface area contributed by atoms with E-state index in [0.717, 1.165) is 4.70 Å². The van der Waals surface area contributed by atoms with Gasteiger partial charge in [-0.05, 0) is 48.5 Å². The average Bonchev–Trinajstić information content (AvgIpc) is 3.46. The summed E-state index contributed by atoms with van der Waals surface area (Å²) in [6.07, 6.45) is 0. The second kappa shape index (κ2) is 8.39. The van der Waals surface area contributed by atoms with E-state index in [2.05, 4.69) is 0 Å². The molecule has 0 saturated heterocycles. The predicted molar refractivity (Wildman–Crippen MR) is 137 cm³/mol. The smallest absolute Gasteiger partial charge is 0.297 e. The molecule has 0 spiro atoms. The van der Waals surface area contributed by atoms with Gasteiger partial charge in [0.25, 0.3) is 5.91 Å². The molecule has 1 unspecified atom stereocenters. The molecule has 36 heavy (non-hydrogen) atoms. The second-order valence-corrected chi connectivity index (χ2v) is 9.19. The molecule has 180 valence electrons. The van der Waals surface area contributed by atoms with Gasteiger partial charge in [-0.1, -0.05) is 23.5 Å². The zero-order valence-corrected chi connectivity index (χ0v) is 20.4. The predicted octanol–water partition coefficient (Wildman–Crippen LogP) is 5.18. The quantitative estimate of drug-likeness (QED) is 0.328. The highest BCUT2D eigenvalue weighted by atomic mass is 32.1. The molecule has 1 aliphatic heterocycles. The van der Waals surface area contributed by atoms with Crippen LogP contribution < -0.4 is 24.5 Å². The molecule has 1 atom stereocenters. The number of benzene rings is 3. The summed E-state index contributed by atoms with van der Waals surface area (Å²) in [6, 6.07) is 16.9. The molecule has 8 nitrogen and oxygen atoms in total. The number of nitrogens with zero attached hydrogens (tertiary/aromatic N) is 2. The van der Waals surface area contributed by atoms with Crippen LogP contribution >= 0.6 is 11.3 Å². The van der Waals surface area contributed by atoms with E-state index in [1.165, 1.54) is 16.2 Å². The molecular formula is C27H20N2O6S. The molecule has 1 amide bonds. The third-order valence-electron chi connectivity index (χ3n) is 6.30. The van der Waals surface area contributed by atoms with Gasteiger partial charge in [0.2, 0.25) is 5.76 Å². The maximum atomic E-state index is 13.9. The van der Waals surface area contributed by atoms with Crippen molar-refractivity contribution < 1.29 is 23.4 Å². The van der Waals surface area contributed by atoms with Crippen molar-refractivity contribution in [1.82, 2.24) is 4.98 Å². The van der Waals surface area contributed by atoms with Gasteiger partial charge < -0.3 is 18.6 Å². The van der Waals surface area contributed by atoms with Crippen molar-refractivity contribution in [2.75, 3.05) is 26.2 Å². The Bertz CT molecular complexity index is 1720. The van der Waals surface area contributed by atoms with Crippen LogP contribution in [0.4, 0.5) is 5.13 Å². The van der Waals surface area contributed by atoms with Crippen molar-refractivity contribution >= 4 is 43.6 Å². The van der Waals surface area contributed by atoms with Crippen molar-refractivity contribution in [3.8, 4) is 17.2 Å². The minimum atomic E-state index is -0.833. The summed E-state index contributed by atoms with van der Waals surface area (Å²) < 4.78 is 23.3. The van der Waals surface area contributed by atoms with Gasteiger partial charge in [-0.15, -0.1) is 0 Å². The summed E-state index contributed by atoms with van der Waals surface area (Å²) in [6.45, 7) is 0. The lowest BCUT2D eigenvalue weighted by Gasteiger charge is -2.24. The summed E-state index contributed by atoms with van der Waals surface area (Å²) in [5.74, 6) is 1.29. The number of hydrogen-bond acceptors (Lipinski definition) is 8. The lowest BCUT2D eigenvalue weighted by atomic mass is 9.97. The van der Waals surface area contributed by atoms with E-state index in [1.807, 2.05) is 18.2 Å². The Hall–Kier alpha value is -4.37. The molecular weight excluding hydrogens is 480 g/mol. The number of para-hydroxylation sites is 1. The Morgan fingerprint density at radius 1 is 0.917 bits per heavy atom. The Morgan fingerprint density at radius 2 is 1.67 bits per heavy atom. The van der Waals surface area contributed by atoms with Gasteiger partial charge in [0.1, 0.15) is 28.9 Å². The average molecular weight is 501 g/mol. The Morgan fingerprint density at radius 3 is 2.44 bits per heavy atom. The van der Waals surface area contributed by atoms with E-state index in [-0.39, 0.29) is 16.8 Å². The maximum absolute atomic E-state index is 13.9. The van der Waals surface area contributed by atoms with E-state index < -0.39 is 11.9 Å². The van der Waals surface area contributed by atoms with Crippen LogP contribution in [-0.4, -0.2) is 32.2 Å². The number of hydrogen-bond donors (Lipinski definition) is 0. The first-order chi connectivity index (χ1) is 17.5. The third-order valence-corrected chi connectivity index (χ3v) is 7.32. The molecule has 0 aliphatic carbocycles. The van der Waals surface area contributed by atoms with Crippen molar-refractivity contribution in [2.45, 2.75) is 6.04 Å². The van der Waals surface area contributed by atoms with Gasteiger partial charge in [0, 0.05) is 5.56 Å². The molecule has 3 aromatic carbocycles. The fraction of sp³-hybridized carbons (Fsp3) is 0.148. The van der Waals surface area contributed by atoms with Crippen molar-refractivity contribution in [1.29, 1.82) is 0 Å². The monoisotopic (exact) mass is 500 g/mol. The van der Waals surface area contributed by atoms with Crippen LogP contribution in [0.1, 0.15) is 27.7 Å². The second-order valence-electron chi connectivity index (χ2n) is 8.19. The van der Waals surface area contributed by atoms with Gasteiger partial charge in [-0.25, -0.2) is 4.98 Å². The Labute approximate surface area is 209 Å². The molecule has 0 N–H and O–H groups in total. The van der Waals surface area contributed by atoms with Crippen molar-refractivity contribution in [2.24, 2.45) is 0 Å². The molecule has 0 saturated carbocycles. The Kier molecular flexibility index (Phi) is 5.15. The molecule has 3 heterocycles. The van der Waals surface area contributed by atoms with E-state index in [1.54, 1.807) is 63.8 Å². The number of methoxy groups -OCH3 is 3. The van der Waals surface area contributed by atoms with Gasteiger partial charge in [0.15, 0.2) is 10.6 Å². The largest absolute Gasteiger partial charge is 0.497 e. The van der Waals surface area contributed by atoms with Crippen LogP contribution in [0.5, 0.6) is 17.2 Å². The third kappa shape index (κ3) is 3.24. The lowest BCUT2D eigenvalue weighted by molar-refractivity contribution is 0.0971. The summed E-state index contributed by atoms with van der Waals surface area (Å²) in [4.78, 5) is 33.9. The van der Waals surface area contributed by atoms with Crippen LogP contribution in [-0.2, 0) is 0 Å². The van der Waals surface area contributed by atoms with Crippen LogP contribution in [0.3, 0.4) is 0 Å². The standard InChI is InChI=1S/C27H20N2O6S/c1-32-14-9-11-19(34-3)17(12-14)23-22-24(30)16-6-4-5-7-20(16)35-25(22)26(31)29(23)27-28-18-10-8-15(33-2)13-21(18)36-27/h4-13,23H,1-3H3. The highest BCUT2D eigenvalue weighted by Gasteiger charge is 2.46. The number of anilines is 1. The van der Waals surface area contributed by atoms with Gasteiger partial charge >= 0.3 is 0 Å². The zero-order chi connectivity index (χ0) is 25.0. The fourth-order valence-electron chi connectivity index (χ4n) is 4.59. The maximum Gasteiger partial charge on any atom is 0.297 e. The van der Waals surface area contributed by atoms with Crippen molar-refractivity contribution in [3.63, 3.8) is 0 Å². The molecule has 2 aromatic heterocycles. The summed E-state index contributed by atoms with van der Waals surface area (Å²) >= 11 is 1.33. The number of carbonyl (C=O) groups is 1. The molecule has 0 radical (unpaired) electrons. The van der Waals surface area contributed by atoms with Gasteiger partial charge in [-0.3, -0.25) is 14.5 Å². The number of fused-ring (bicyclic) bond motifs is 3. The highest BCUT2D eigenvalue weighted by molar-refractivity contribution is 7.22. The summed E-state index contributed by atoms with van der Waals surface area (Å²) in [5, 5.41) is 0.819. The summed E-state index contributed by atoms with van der Waals surface area (Å²) in [7, 11) is 4.69. The molecule has 0 fully saturated rings. The number of rotatable bonds is 5. The first-order valence-corrected chi connectivity index (χ1v) is 11.9. The number of thiazole rings is 1. The summed E-state index contributed by atoms with van der Waals surface area (Å²) in [5.41, 5.74) is 1.60. The van der Waals surface area contributed by atoms with Crippen LogP contribution in [0.2, 0.25) is 0 Å².